The number of aryl methyl sites for hydroxylation is 2. The van der Waals surface area contributed by atoms with E-state index in [-0.39, 0.29) is 30.3 Å². The van der Waals surface area contributed by atoms with Gasteiger partial charge in [0.25, 0.3) is 0 Å². The van der Waals surface area contributed by atoms with E-state index in [9.17, 15) is 14.9 Å². The minimum atomic E-state index is -0.570. The van der Waals surface area contributed by atoms with E-state index in [1.807, 2.05) is 48.6 Å². The average Bonchev–Trinajstić information content (AvgIpc) is 3.03. The molecule has 0 radical (unpaired) electrons. The first-order chi connectivity index (χ1) is 15.0. The molecule has 3 heterocycles. The van der Waals surface area contributed by atoms with Crippen molar-refractivity contribution in [3.05, 3.63) is 16.3 Å². The largest absolute Gasteiger partial charge is 0.444 e. The van der Waals surface area contributed by atoms with Gasteiger partial charge in [-0.2, -0.15) is 10.2 Å². The molecule has 10 heteroatoms. The van der Waals surface area contributed by atoms with Gasteiger partial charge in [0.05, 0.1) is 18.5 Å². The zero-order chi connectivity index (χ0) is 23.8. The molecule has 0 N–H and O–H groups in total. The number of nitrogens with zero attached hydrogens (tertiary/aromatic N) is 7. The summed E-state index contributed by atoms with van der Waals surface area (Å²) in [4.78, 5) is 38.6. The lowest BCUT2D eigenvalue weighted by Gasteiger charge is -2.45. The fraction of sp³-hybridized carbons (Fsp3) is 0.682. The fourth-order valence-corrected chi connectivity index (χ4v) is 4.23. The Bertz CT molecular complexity index is 1110. The summed E-state index contributed by atoms with van der Waals surface area (Å²) in [5, 5.41) is 9.19. The number of hydrogen-bond donors (Lipinski definition) is 0. The molecule has 0 spiro atoms. The highest BCUT2D eigenvalue weighted by Crippen LogP contribution is 2.29. The molecule has 3 rings (SSSR count). The van der Waals surface area contributed by atoms with Crippen molar-refractivity contribution in [1.29, 1.82) is 5.26 Å². The van der Waals surface area contributed by atoms with E-state index in [0.717, 1.165) is 6.42 Å². The number of anilines is 1. The SMILES string of the molecule is CC[C@@H]1CN(c2nc(=O)n(CC)c3c2nc(CC#N)n3C)[C@@H](C)CN1C(=O)OC(C)(C)C. The van der Waals surface area contributed by atoms with Crippen LogP contribution in [0.4, 0.5) is 10.6 Å². The Labute approximate surface area is 188 Å². The van der Waals surface area contributed by atoms with Gasteiger partial charge in [-0.3, -0.25) is 4.57 Å². The van der Waals surface area contributed by atoms with Crippen LogP contribution in [0.3, 0.4) is 0 Å². The van der Waals surface area contributed by atoms with Crippen LogP contribution in [-0.2, 0) is 24.8 Å². The lowest BCUT2D eigenvalue weighted by atomic mass is 10.1. The standard InChI is InChI=1S/C22H33N7O3/c1-8-15-13-28(14(3)12-29(15)21(31)32-22(4,5)6)18-17-19(27(9-2)20(30)25-18)26(7)16(24-17)10-11-23/h14-15H,8-10,12-13H2,1-7H3/t14-,15+/m0/s1. The van der Waals surface area contributed by atoms with Crippen molar-refractivity contribution in [2.24, 2.45) is 7.05 Å². The van der Waals surface area contributed by atoms with Crippen LogP contribution in [0.25, 0.3) is 11.2 Å². The number of amides is 1. The first-order valence-corrected chi connectivity index (χ1v) is 11.1. The average molecular weight is 444 g/mol. The van der Waals surface area contributed by atoms with Crippen molar-refractivity contribution < 1.29 is 9.53 Å². The predicted molar refractivity (Wildman–Crippen MR) is 122 cm³/mol. The van der Waals surface area contributed by atoms with Gasteiger partial charge in [-0.1, -0.05) is 6.92 Å². The highest BCUT2D eigenvalue weighted by atomic mass is 16.6. The van der Waals surface area contributed by atoms with E-state index < -0.39 is 5.60 Å². The molecule has 0 aliphatic carbocycles. The molecule has 1 aliphatic rings. The Morgan fingerprint density at radius 2 is 1.94 bits per heavy atom. The number of fused-ring (bicyclic) bond motifs is 1. The maximum atomic E-state index is 12.9. The molecule has 2 aromatic rings. The van der Waals surface area contributed by atoms with Gasteiger partial charge in [-0.05, 0) is 41.0 Å². The number of carbonyl (C=O) groups is 1. The van der Waals surface area contributed by atoms with Gasteiger partial charge < -0.3 is 19.1 Å². The van der Waals surface area contributed by atoms with Gasteiger partial charge in [0, 0.05) is 32.7 Å². The molecule has 10 nitrogen and oxygen atoms in total. The zero-order valence-electron chi connectivity index (χ0n) is 20.0. The minimum Gasteiger partial charge on any atom is -0.444 e. The van der Waals surface area contributed by atoms with Crippen LogP contribution in [0.1, 0.15) is 53.8 Å². The van der Waals surface area contributed by atoms with Crippen molar-refractivity contribution in [2.45, 2.75) is 78.6 Å². The van der Waals surface area contributed by atoms with Gasteiger partial charge in [-0.25, -0.2) is 14.6 Å². The van der Waals surface area contributed by atoms with Crippen LogP contribution in [0.2, 0.25) is 0 Å². The van der Waals surface area contributed by atoms with Crippen molar-refractivity contribution in [2.75, 3.05) is 18.0 Å². The highest BCUT2D eigenvalue weighted by Gasteiger charge is 2.37. The van der Waals surface area contributed by atoms with Gasteiger partial charge in [0.2, 0.25) is 0 Å². The molecule has 0 bridgehead atoms. The number of ether oxygens (including phenoxy) is 1. The third-order valence-electron chi connectivity index (χ3n) is 5.82. The first kappa shape index (κ1) is 23.6. The van der Waals surface area contributed by atoms with Gasteiger partial charge >= 0.3 is 11.8 Å². The maximum Gasteiger partial charge on any atom is 0.410 e. The van der Waals surface area contributed by atoms with Gasteiger partial charge in [0.1, 0.15) is 22.6 Å². The Hall–Kier alpha value is -3.09. The van der Waals surface area contributed by atoms with E-state index >= 15 is 0 Å². The van der Waals surface area contributed by atoms with Crippen molar-refractivity contribution in [3.63, 3.8) is 0 Å². The summed E-state index contributed by atoms with van der Waals surface area (Å²) in [6.07, 6.45) is 0.547. The van der Waals surface area contributed by atoms with E-state index in [1.165, 1.54) is 0 Å². The lowest BCUT2D eigenvalue weighted by Crippen LogP contribution is -2.60. The number of aromatic nitrogens is 4. The smallest absolute Gasteiger partial charge is 0.410 e. The number of hydrogen-bond acceptors (Lipinski definition) is 7. The van der Waals surface area contributed by atoms with E-state index in [4.69, 9.17) is 4.74 Å². The summed E-state index contributed by atoms with van der Waals surface area (Å²) in [6, 6.07) is 1.95. The number of piperazine rings is 1. The summed E-state index contributed by atoms with van der Waals surface area (Å²) in [5.74, 6) is 1.09. The predicted octanol–water partition coefficient (Wildman–Crippen LogP) is 2.44. The van der Waals surface area contributed by atoms with Crippen molar-refractivity contribution in [1.82, 2.24) is 24.0 Å². The van der Waals surface area contributed by atoms with Crippen LogP contribution in [-0.4, -0.2) is 60.9 Å². The number of imidazole rings is 1. The Morgan fingerprint density at radius 1 is 1.25 bits per heavy atom. The maximum absolute atomic E-state index is 12.9. The van der Waals surface area contributed by atoms with E-state index in [1.54, 1.807) is 14.0 Å². The first-order valence-electron chi connectivity index (χ1n) is 11.1. The van der Waals surface area contributed by atoms with Crippen LogP contribution in [0.5, 0.6) is 0 Å². The summed E-state index contributed by atoms with van der Waals surface area (Å²) in [5.41, 5.74) is 0.338. The number of nitriles is 1. The molecule has 1 amide bonds. The second-order valence-corrected chi connectivity index (χ2v) is 9.25. The summed E-state index contributed by atoms with van der Waals surface area (Å²) >= 11 is 0. The number of carbonyl (C=O) groups excluding carboxylic acids is 1. The third kappa shape index (κ3) is 4.29. The fourth-order valence-electron chi connectivity index (χ4n) is 4.23. The molecule has 0 unspecified atom stereocenters. The minimum absolute atomic E-state index is 0.0891. The van der Waals surface area contributed by atoms with Crippen LogP contribution >= 0.6 is 0 Å². The molecule has 2 atom stereocenters. The molecular weight excluding hydrogens is 410 g/mol. The molecular formula is C22H33N7O3. The van der Waals surface area contributed by atoms with Gasteiger partial charge in [-0.15, -0.1) is 0 Å². The summed E-state index contributed by atoms with van der Waals surface area (Å²) in [7, 11) is 1.82. The molecule has 0 saturated carbocycles. The summed E-state index contributed by atoms with van der Waals surface area (Å²) < 4.78 is 8.99. The quantitative estimate of drug-likeness (QED) is 0.714. The van der Waals surface area contributed by atoms with Crippen molar-refractivity contribution >= 4 is 23.1 Å². The van der Waals surface area contributed by atoms with Gasteiger partial charge in [0.15, 0.2) is 5.82 Å². The third-order valence-corrected chi connectivity index (χ3v) is 5.82. The molecule has 1 aliphatic heterocycles. The Balaban J connectivity index is 2.06. The molecule has 1 fully saturated rings. The zero-order valence-corrected chi connectivity index (χ0v) is 20.0. The van der Waals surface area contributed by atoms with Crippen molar-refractivity contribution in [3.8, 4) is 6.07 Å². The van der Waals surface area contributed by atoms with Crippen LogP contribution < -0.4 is 10.6 Å². The molecule has 0 aromatic carbocycles. The summed E-state index contributed by atoms with van der Waals surface area (Å²) in [6.45, 7) is 12.9. The lowest BCUT2D eigenvalue weighted by molar-refractivity contribution is 0.0106. The monoisotopic (exact) mass is 443 g/mol. The Kier molecular flexibility index (Phi) is 6.49. The number of rotatable bonds is 4. The van der Waals surface area contributed by atoms with E-state index in [2.05, 4.69) is 20.9 Å². The molecule has 2 aromatic heterocycles. The Morgan fingerprint density at radius 3 is 2.50 bits per heavy atom. The second kappa shape index (κ2) is 8.81. The van der Waals surface area contributed by atoms with E-state index in [0.29, 0.717) is 42.4 Å². The second-order valence-electron chi connectivity index (χ2n) is 9.25. The molecule has 32 heavy (non-hydrogen) atoms. The molecule has 174 valence electrons. The highest BCUT2D eigenvalue weighted by molar-refractivity contribution is 5.85. The topological polar surface area (TPSA) is 109 Å². The normalized spacial score (nSPS) is 19.3. The van der Waals surface area contributed by atoms with Crippen LogP contribution in [0.15, 0.2) is 4.79 Å². The van der Waals surface area contributed by atoms with Crippen LogP contribution in [0, 0.1) is 11.3 Å². The molecule has 1 saturated heterocycles.